The van der Waals surface area contributed by atoms with Gasteiger partial charge in [0.15, 0.2) is 0 Å². The van der Waals surface area contributed by atoms with Crippen molar-refractivity contribution in [3.05, 3.63) is 33.5 Å². The molecule has 1 unspecified atom stereocenters. The Kier molecular flexibility index (Phi) is 2.88. The number of benzene rings is 1. The van der Waals surface area contributed by atoms with Gasteiger partial charge in [-0.25, -0.2) is 4.39 Å². The zero-order valence-corrected chi connectivity index (χ0v) is 9.48. The molecule has 1 aliphatic rings. The molecule has 0 bridgehead atoms. The zero-order valence-electron chi connectivity index (χ0n) is 7.89. The second-order valence-electron chi connectivity index (χ2n) is 3.77. The van der Waals surface area contributed by atoms with Gasteiger partial charge in [0.05, 0.1) is 0 Å². The molecule has 0 aliphatic heterocycles. The van der Waals surface area contributed by atoms with Gasteiger partial charge >= 0.3 is 0 Å². The summed E-state index contributed by atoms with van der Waals surface area (Å²) in [5, 5.41) is 0. The van der Waals surface area contributed by atoms with Crippen molar-refractivity contribution in [2.45, 2.75) is 25.2 Å². The zero-order chi connectivity index (χ0) is 10.1. The molecular formula is C11H13BrFN. The van der Waals surface area contributed by atoms with E-state index in [0.29, 0.717) is 12.5 Å². The van der Waals surface area contributed by atoms with E-state index in [-0.39, 0.29) is 5.82 Å². The molecule has 0 heterocycles. The van der Waals surface area contributed by atoms with E-state index in [1.807, 2.05) is 6.07 Å². The van der Waals surface area contributed by atoms with Crippen LogP contribution in [0.5, 0.6) is 0 Å². The third-order valence-electron chi connectivity index (χ3n) is 2.89. The first-order chi connectivity index (χ1) is 6.72. The van der Waals surface area contributed by atoms with Crippen LogP contribution in [0.15, 0.2) is 16.6 Å². The Balaban J connectivity index is 2.38. The highest BCUT2D eigenvalue weighted by molar-refractivity contribution is 9.10. The maximum atomic E-state index is 13.5. The van der Waals surface area contributed by atoms with Gasteiger partial charge in [-0.15, -0.1) is 0 Å². The third-order valence-corrected chi connectivity index (χ3v) is 3.35. The Hall–Kier alpha value is -0.410. The van der Waals surface area contributed by atoms with Crippen LogP contribution < -0.4 is 5.73 Å². The molecule has 2 N–H and O–H groups in total. The lowest BCUT2D eigenvalue weighted by Crippen LogP contribution is -2.04. The fraction of sp³-hybridized carbons (Fsp3) is 0.455. The van der Waals surface area contributed by atoms with Crippen LogP contribution in [0.1, 0.15) is 29.9 Å². The summed E-state index contributed by atoms with van der Waals surface area (Å²) in [4.78, 5) is 0. The fourth-order valence-electron chi connectivity index (χ4n) is 2.23. The molecular weight excluding hydrogens is 245 g/mol. The van der Waals surface area contributed by atoms with Crippen LogP contribution in [0.3, 0.4) is 0 Å². The molecule has 3 heteroatoms. The summed E-state index contributed by atoms with van der Waals surface area (Å²) in [6, 6.07) is 3.58. The molecule has 1 aliphatic carbocycles. The van der Waals surface area contributed by atoms with Crippen LogP contribution in [0.4, 0.5) is 4.39 Å². The minimum absolute atomic E-state index is 0.0751. The summed E-state index contributed by atoms with van der Waals surface area (Å²) in [6.45, 7) is 0.679. The van der Waals surface area contributed by atoms with Gasteiger partial charge in [0.2, 0.25) is 0 Å². The van der Waals surface area contributed by atoms with Crippen molar-refractivity contribution in [3.63, 3.8) is 0 Å². The van der Waals surface area contributed by atoms with Crippen molar-refractivity contribution in [3.8, 4) is 0 Å². The number of hydrogen-bond donors (Lipinski definition) is 1. The van der Waals surface area contributed by atoms with E-state index in [2.05, 4.69) is 15.9 Å². The number of hydrogen-bond acceptors (Lipinski definition) is 1. The summed E-state index contributed by atoms with van der Waals surface area (Å²) in [7, 11) is 0. The molecule has 0 amide bonds. The molecule has 1 atom stereocenters. The van der Waals surface area contributed by atoms with E-state index >= 15 is 0 Å². The fourth-order valence-corrected chi connectivity index (χ4v) is 2.67. The van der Waals surface area contributed by atoms with Gasteiger partial charge in [-0.3, -0.25) is 0 Å². The molecule has 0 radical (unpaired) electrons. The van der Waals surface area contributed by atoms with Gasteiger partial charge in [0, 0.05) is 4.47 Å². The Morgan fingerprint density at radius 1 is 1.50 bits per heavy atom. The number of rotatable bonds is 2. The summed E-state index contributed by atoms with van der Waals surface area (Å²) in [5.41, 5.74) is 7.59. The number of nitrogens with two attached hydrogens (primary N) is 1. The van der Waals surface area contributed by atoms with Crippen molar-refractivity contribution >= 4 is 15.9 Å². The highest BCUT2D eigenvalue weighted by Gasteiger charge is 2.24. The molecule has 0 fully saturated rings. The van der Waals surface area contributed by atoms with Crippen LogP contribution in [0.25, 0.3) is 0 Å². The normalized spacial score (nSPS) is 19.8. The minimum Gasteiger partial charge on any atom is -0.330 e. The molecule has 14 heavy (non-hydrogen) atoms. The average Bonchev–Trinajstić information content (AvgIpc) is 2.49. The van der Waals surface area contributed by atoms with Gasteiger partial charge in [-0.2, -0.15) is 0 Å². The van der Waals surface area contributed by atoms with Crippen molar-refractivity contribution < 1.29 is 4.39 Å². The maximum Gasteiger partial charge on any atom is 0.127 e. The molecule has 0 spiro atoms. The predicted octanol–water partition coefficient (Wildman–Crippen LogP) is 2.97. The second-order valence-corrected chi connectivity index (χ2v) is 4.68. The first-order valence-electron chi connectivity index (χ1n) is 4.90. The lowest BCUT2D eigenvalue weighted by Gasteiger charge is -2.10. The summed E-state index contributed by atoms with van der Waals surface area (Å²) in [5.74, 6) is 0.385. The Morgan fingerprint density at radius 2 is 2.29 bits per heavy atom. The second kappa shape index (κ2) is 3.99. The van der Waals surface area contributed by atoms with Crippen molar-refractivity contribution in [1.82, 2.24) is 0 Å². The largest absolute Gasteiger partial charge is 0.330 e. The highest BCUT2D eigenvalue weighted by Crippen LogP contribution is 2.38. The van der Waals surface area contributed by atoms with Crippen LogP contribution in [-0.4, -0.2) is 6.54 Å². The molecule has 2 rings (SSSR count). The molecule has 1 nitrogen and oxygen atoms in total. The first kappa shape index (κ1) is 10.1. The monoisotopic (exact) mass is 257 g/mol. The van der Waals surface area contributed by atoms with Gasteiger partial charge in [0.1, 0.15) is 5.82 Å². The SMILES string of the molecule is NCCC1CCc2c(F)cc(Br)cc21. The summed E-state index contributed by atoms with van der Waals surface area (Å²) < 4.78 is 14.3. The van der Waals surface area contributed by atoms with E-state index in [1.165, 1.54) is 0 Å². The van der Waals surface area contributed by atoms with Crippen molar-refractivity contribution in [2.24, 2.45) is 5.73 Å². The highest BCUT2D eigenvalue weighted by atomic mass is 79.9. The molecule has 76 valence electrons. The Morgan fingerprint density at radius 3 is 3.00 bits per heavy atom. The molecule has 1 aromatic rings. The first-order valence-corrected chi connectivity index (χ1v) is 5.69. The quantitative estimate of drug-likeness (QED) is 0.867. The molecule has 0 saturated heterocycles. The van der Waals surface area contributed by atoms with Crippen LogP contribution in [0.2, 0.25) is 0 Å². The lowest BCUT2D eigenvalue weighted by atomic mass is 9.98. The van der Waals surface area contributed by atoms with Gasteiger partial charge in [-0.1, -0.05) is 15.9 Å². The van der Waals surface area contributed by atoms with E-state index < -0.39 is 0 Å². The van der Waals surface area contributed by atoms with Gasteiger partial charge in [-0.05, 0) is 55.0 Å². The number of fused-ring (bicyclic) bond motifs is 1. The summed E-state index contributed by atoms with van der Waals surface area (Å²) in [6.07, 6.45) is 2.86. The molecule has 1 aromatic carbocycles. The maximum absolute atomic E-state index is 13.5. The van der Waals surface area contributed by atoms with E-state index in [9.17, 15) is 4.39 Å². The number of halogens is 2. The Bertz CT molecular complexity index is 351. The topological polar surface area (TPSA) is 26.0 Å². The Labute approximate surface area is 91.6 Å². The molecule has 0 aromatic heterocycles. The lowest BCUT2D eigenvalue weighted by molar-refractivity contribution is 0.610. The minimum atomic E-state index is -0.0751. The van der Waals surface area contributed by atoms with Gasteiger partial charge < -0.3 is 5.73 Å². The predicted molar refractivity (Wildman–Crippen MR) is 58.8 cm³/mol. The van der Waals surface area contributed by atoms with Crippen LogP contribution >= 0.6 is 15.9 Å². The van der Waals surface area contributed by atoms with E-state index in [0.717, 1.165) is 34.9 Å². The van der Waals surface area contributed by atoms with Crippen molar-refractivity contribution in [2.75, 3.05) is 6.54 Å². The van der Waals surface area contributed by atoms with E-state index in [4.69, 9.17) is 5.73 Å². The average molecular weight is 258 g/mol. The summed E-state index contributed by atoms with van der Waals surface area (Å²) >= 11 is 3.32. The standard InChI is InChI=1S/C11H13BrFN/c12-8-5-10-7(3-4-14)1-2-9(10)11(13)6-8/h5-7H,1-4,14H2. The molecule has 0 saturated carbocycles. The van der Waals surface area contributed by atoms with Gasteiger partial charge in [0.25, 0.3) is 0 Å². The third kappa shape index (κ3) is 1.71. The smallest absolute Gasteiger partial charge is 0.127 e. The van der Waals surface area contributed by atoms with Crippen LogP contribution in [0, 0.1) is 5.82 Å². The van der Waals surface area contributed by atoms with E-state index in [1.54, 1.807) is 6.07 Å². The van der Waals surface area contributed by atoms with Crippen molar-refractivity contribution in [1.29, 1.82) is 0 Å². The van der Waals surface area contributed by atoms with Crippen LogP contribution in [-0.2, 0) is 6.42 Å².